The Bertz CT molecular complexity index is 528. The van der Waals surface area contributed by atoms with Gasteiger partial charge < -0.3 is 14.8 Å². The second-order valence-electron chi connectivity index (χ2n) is 4.35. The van der Waals surface area contributed by atoms with Gasteiger partial charge in [-0.3, -0.25) is 4.79 Å². The van der Waals surface area contributed by atoms with Gasteiger partial charge in [-0.1, -0.05) is 0 Å². The maximum Gasteiger partial charge on any atom is 0.253 e. The van der Waals surface area contributed by atoms with Crippen LogP contribution in [0.15, 0.2) is 43.0 Å². The van der Waals surface area contributed by atoms with Crippen molar-refractivity contribution in [2.24, 2.45) is 0 Å². The first-order valence-corrected chi connectivity index (χ1v) is 6.21. The Morgan fingerprint density at radius 3 is 2.48 bits per heavy atom. The molecule has 1 aromatic heterocycles. The first-order chi connectivity index (χ1) is 9.22. The summed E-state index contributed by atoms with van der Waals surface area (Å²) in [5.74, 6) is 0.0347. The first kappa shape index (κ1) is 19.4. The fourth-order valence-electron chi connectivity index (χ4n) is 1.79. The van der Waals surface area contributed by atoms with Gasteiger partial charge in [-0.25, -0.2) is 4.98 Å². The predicted octanol–water partition coefficient (Wildman–Crippen LogP) is 2.01. The van der Waals surface area contributed by atoms with Gasteiger partial charge in [-0.2, -0.15) is 0 Å². The molecule has 0 spiro atoms. The lowest BCUT2D eigenvalue weighted by Gasteiger charge is -2.17. The number of imidazole rings is 1. The molecule has 0 atom stereocenters. The zero-order chi connectivity index (χ0) is 13.7. The molecule has 116 valence electrons. The topological polar surface area (TPSA) is 50.2 Å². The Kier molecular flexibility index (Phi) is 8.69. The van der Waals surface area contributed by atoms with Crippen molar-refractivity contribution < 1.29 is 4.79 Å². The van der Waals surface area contributed by atoms with Gasteiger partial charge in [0.15, 0.2) is 0 Å². The van der Waals surface area contributed by atoms with Crippen molar-refractivity contribution in [3.05, 3.63) is 48.5 Å². The van der Waals surface area contributed by atoms with Crippen LogP contribution >= 0.6 is 24.8 Å². The first-order valence-electron chi connectivity index (χ1n) is 6.21. The average molecular weight is 331 g/mol. The van der Waals surface area contributed by atoms with E-state index in [0.29, 0.717) is 12.1 Å². The largest absolute Gasteiger partial charge is 0.340 e. The van der Waals surface area contributed by atoms with Gasteiger partial charge in [0, 0.05) is 43.8 Å². The molecule has 1 aromatic carbocycles. The fourth-order valence-corrected chi connectivity index (χ4v) is 1.79. The van der Waals surface area contributed by atoms with Crippen LogP contribution < -0.4 is 5.32 Å². The van der Waals surface area contributed by atoms with E-state index in [1.807, 2.05) is 49.1 Å². The molecule has 7 heteroatoms. The molecule has 2 rings (SSSR count). The third-order valence-electron chi connectivity index (χ3n) is 2.96. The molecule has 1 heterocycles. The van der Waals surface area contributed by atoms with Crippen molar-refractivity contribution >= 4 is 30.7 Å². The van der Waals surface area contributed by atoms with Crippen molar-refractivity contribution in [2.45, 2.75) is 0 Å². The number of hydrogen-bond acceptors (Lipinski definition) is 3. The molecule has 0 saturated carbocycles. The van der Waals surface area contributed by atoms with Crippen LogP contribution in [0.2, 0.25) is 0 Å². The van der Waals surface area contributed by atoms with Crippen LogP contribution in [0, 0.1) is 0 Å². The Balaban J connectivity index is 0.00000200. The molecule has 0 fully saturated rings. The molecule has 1 amide bonds. The van der Waals surface area contributed by atoms with Crippen LogP contribution in [-0.4, -0.2) is 47.5 Å². The fraction of sp³-hybridized carbons (Fsp3) is 0.286. The van der Waals surface area contributed by atoms with Gasteiger partial charge >= 0.3 is 0 Å². The molecular weight excluding hydrogens is 311 g/mol. The maximum absolute atomic E-state index is 12.1. The highest BCUT2D eigenvalue weighted by molar-refractivity contribution is 5.94. The van der Waals surface area contributed by atoms with E-state index in [0.717, 1.165) is 12.2 Å². The normalized spacial score (nSPS) is 9.43. The highest BCUT2D eigenvalue weighted by atomic mass is 35.5. The number of amides is 1. The highest BCUT2D eigenvalue weighted by Gasteiger charge is 2.10. The lowest BCUT2D eigenvalue weighted by molar-refractivity contribution is 0.0797. The molecular formula is C14H20Cl2N4O. The third kappa shape index (κ3) is 5.04. The van der Waals surface area contributed by atoms with E-state index in [-0.39, 0.29) is 30.7 Å². The molecule has 0 saturated heterocycles. The Labute approximate surface area is 137 Å². The second kappa shape index (κ2) is 9.39. The minimum Gasteiger partial charge on any atom is -0.340 e. The minimum atomic E-state index is 0. The van der Waals surface area contributed by atoms with Crippen molar-refractivity contribution in [1.82, 2.24) is 19.8 Å². The number of nitrogens with one attached hydrogen (secondary N) is 1. The number of likely N-dealkylation sites (N-methyl/N-ethyl adjacent to an activating group) is 2. The van der Waals surface area contributed by atoms with E-state index >= 15 is 0 Å². The van der Waals surface area contributed by atoms with Crippen LogP contribution in [0.3, 0.4) is 0 Å². The van der Waals surface area contributed by atoms with Gasteiger partial charge in [0.25, 0.3) is 5.91 Å². The van der Waals surface area contributed by atoms with Crippen LogP contribution in [0.1, 0.15) is 10.4 Å². The Morgan fingerprint density at radius 2 is 1.95 bits per heavy atom. The smallest absolute Gasteiger partial charge is 0.253 e. The summed E-state index contributed by atoms with van der Waals surface area (Å²) >= 11 is 0. The molecule has 0 bridgehead atoms. The number of rotatable bonds is 5. The molecule has 0 aliphatic rings. The minimum absolute atomic E-state index is 0. The molecule has 21 heavy (non-hydrogen) atoms. The Hall–Kier alpha value is -1.56. The van der Waals surface area contributed by atoms with Gasteiger partial charge in [0.05, 0.1) is 6.33 Å². The highest BCUT2D eigenvalue weighted by Crippen LogP contribution is 2.10. The van der Waals surface area contributed by atoms with E-state index in [9.17, 15) is 4.79 Å². The SMILES string of the molecule is CNCCN(C)C(=O)c1ccc(-n2ccnc2)cc1.Cl.Cl. The zero-order valence-electron chi connectivity index (χ0n) is 12.0. The molecule has 0 radical (unpaired) electrons. The number of halogens is 2. The molecule has 2 aromatic rings. The second-order valence-corrected chi connectivity index (χ2v) is 4.35. The molecule has 1 N–H and O–H groups in total. The monoisotopic (exact) mass is 330 g/mol. The van der Waals surface area contributed by atoms with Gasteiger partial charge in [-0.15, -0.1) is 24.8 Å². The predicted molar refractivity (Wildman–Crippen MR) is 88.9 cm³/mol. The van der Waals surface area contributed by atoms with Crippen LogP contribution in [0.5, 0.6) is 0 Å². The molecule has 0 unspecified atom stereocenters. The van der Waals surface area contributed by atoms with Crippen molar-refractivity contribution in [3.63, 3.8) is 0 Å². The van der Waals surface area contributed by atoms with E-state index < -0.39 is 0 Å². The number of nitrogens with zero attached hydrogens (tertiary/aromatic N) is 3. The van der Waals surface area contributed by atoms with Crippen molar-refractivity contribution in [3.8, 4) is 5.69 Å². The van der Waals surface area contributed by atoms with Crippen LogP contribution in [-0.2, 0) is 0 Å². The van der Waals surface area contributed by atoms with E-state index in [1.54, 1.807) is 17.4 Å². The molecule has 0 aliphatic carbocycles. The van der Waals surface area contributed by atoms with Crippen molar-refractivity contribution in [1.29, 1.82) is 0 Å². The summed E-state index contributed by atoms with van der Waals surface area (Å²) in [6.45, 7) is 1.48. The summed E-state index contributed by atoms with van der Waals surface area (Å²) in [4.78, 5) is 17.8. The Morgan fingerprint density at radius 1 is 1.29 bits per heavy atom. The molecule has 0 aliphatic heterocycles. The quantitative estimate of drug-likeness (QED) is 0.912. The summed E-state index contributed by atoms with van der Waals surface area (Å²) in [6.07, 6.45) is 5.33. The standard InChI is InChI=1S/C14H18N4O.2ClH/c1-15-7-9-17(2)14(19)12-3-5-13(6-4-12)18-10-8-16-11-18;;/h3-6,8,10-11,15H,7,9H2,1-2H3;2*1H. The van der Waals surface area contributed by atoms with Crippen LogP contribution in [0.4, 0.5) is 0 Å². The number of aromatic nitrogens is 2. The zero-order valence-corrected chi connectivity index (χ0v) is 13.7. The lowest BCUT2D eigenvalue weighted by Crippen LogP contribution is -2.32. The summed E-state index contributed by atoms with van der Waals surface area (Å²) in [7, 11) is 3.68. The van der Waals surface area contributed by atoms with E-state index in [1.165, 1.54) is 0 Å². The number of benzene rings is 1. The van der Waals surface area contributed by atoms with Crippen LogP contribution in [0.25, 0.3) is 5.69 Å². The number of carbonyl (C=O) groups excluding carboxylic acids is 1. The summed E-state index contributed by atoms with van der Waals surface area (Å²) in [6, 6.07) is 7.52. The van der Waals surface area contributed by atoms with Crippen molar-refractivity contribution in [2.75, 3.05) is 27.2 Å². The summed E-state index contributed by atoms with van der Waals surface area (Å²) in [5, 5.41) is 3.03. The van der Waals surface area contributed by atoms with Gasteiger partial charge in [-0.05, 0) is 31.3 Å². The van der Waals surface area contributed by atoms with E-state index in [2.05, 4.69) is 10.3 Å². The van der Waals surface area contributed by atoms with E-state index in [4.69, 9.17) is 0 Å². The lowest BCUT2D eigenvalue weighted by atomic mass is 10.2. The van der Waals surface area contributed by atoms with Gasteiger partial charge in [0.1, 0.15) is 0 Å². The maximum atomic E-state index is 12.1. The molecule has 5 nitrogen and oxygen atoms in total. The average Bonchev–Trinajstić information content (AvgIpc) is 2.98. The number of carbonyl (C=O) groups is 1. The number of hydrogen-bond donors (Lipinski definition) is 1. The van der Waals surface area contributed by atoms with Gasteiger partial charge in [0.2, 0.25) is 0 Å². The summed E-state index contributed by atoms with van der Waals surface area (Å²) < 4.78 is 1.90. The third-order valence-corrected chi connectivity index (χ3v) is 2.96. The summed E-state index contributed by atoms with van der Waals surface area (Å²) in [5.41, 5.74) is 1.69.